The number of methoxy groups -OCH3 is 2. The van der Waals surface area contributed by atoms with Crippen LogP contribution >= 0.6 is 0 Å². The van der Waals surface area contributed by atoms with Crippen LogP contribution in [0, 0.1) is 0 Å². The number of carbonyl (C=O) groups excluding carboxylic acids is 1. The number of rotatable bonds is 8. The minimum Gasteiger partial charge on any atom is -0.493 e. The summed E-state index contributed by atoms with van der Waals surface area (Å²) in [5.74, 6) is 1.25. The summed E-state index contributed by atoms with van der Waals surface area (Å²) in [6.45, 7) is 1.12. The van der Waals surface area contributed by atoms with Crippen LogP contribution in [0.25, 0.3) is 0 Å². The van der Waals surface area contributed by atoms with Crippen molar-refractivity contribution in [1.82, 2.24) is 5.32 Å². The van der Waals surface area contributed by atoms with E-state index in [1.54, 1.807) is 38.5 Å². The minimum atomic E-state index is -0.286. The normalized spacial score (nSPS) is 10.3. The Kier molecular flexibility index (Phi) is 5.85. The van der Waals surface area contributed by atoms with Gasteiger partial charge in [0, 0.05) is 26.3 Å². The van der Waals surface area contributed by atoms with E-state index in [9.17, 15) is 4.79 Å². The van der Waals surface area contributed by atoms with Crippen molar-refractivity contribution >= 4 is 5.91 Å². The summed E-state index contributed by atoms with van der Waals surface area (Å²) in [6, 6.07) is 10.4. The molecule has 0 spiro atoms. The second-order valence-corrected chi connectivity index (χ2v) is 4.47. The van der Waals surface area contributed by atoms with E-state index in [0.29, 0.717) is 24.7 Å². The summed E-state index contributed by atoms with van der Waals surface area (Å²) < 4.78 is 21.1. The molecule has 2 rings (SSSR count). The molecule has 0 bridgehead atoms. The van der Waals surface area contributed by atoms with Gasteiger partial charge in [-0.1, -0.05) is 12.1 Å². The third-order valence-electron chi connectivity index (χ3n) is 2.90. The summed E-state index contributed by atoms with van der Waals surface area (Å²) in [4.78, 5) is 11.9. The number of ether oxygens (including phenoxy) is 3. The van der Waals surface area contributed by atoms with Crippen molar-refractivity contribution < 1.29 is 23.4 Å². The molecule has 1 N–H and O–H groups in total. The molecule has 0 saturated heterocycles. The Morgan fingerprint density at radius 2 is 1.91 bits per heavy atom. The van der Waals surface area contributed by atoms with E-state index in [4.69, 9.17) is 18.6 Å². The van der Waals surface area contributed by atoms with Crippen LogP contribution in [0.2, 0.25) is 0 Å². The van der Waals surface area contributed by atoms with Crippen molar-refractivity contribution in [3.8, 4) is 17.4 Å². The zero-order chi connectivity index (χ0) is 15.8. The topological polar surface area (TPSA) is 69.9 Å². The Hall–Kier alpha value is -2.47. The molecule has 0 fully saturated rings. The molecule has 6 heteroatoms. The molecular weight excluding hydrogens is 286 g/mol. The summed E-state index contributed by atoms with van der Waals surface area (Å²) in [7, 11) is 3.18. The van der Waals surface area contributed by atoms with Crippen molar-refractivity contribution in [3.05, 3.63) is 42.2 Å². The summed E-state index contributed by atoms with van der Waals surface area (Å²) in [6.07, 6.45) is 0.744. The van der Waals surface area contributed by atoms with E-state index in [2.05, 4.69) is 5.32 Å². The molecule has 6 nitrogen and oxygen atoms in total. The predicted molar refractivity (Wildman–Crippen MR) is 80.6 cm³/mol. The second-order valence-electron chi connectivity index (χ2n) is 4.47. The maximum Gasteiger partial charge on any atom is 0.290 e. The molecular formula is C16H19NO5. The molecule has 1 heterocycles. The van der Waals surface area contributed by atoms with Gasteiger partial charge < -0.3 is 23.9 Å². The van der Waals surface area contributed by atoms with Crippen molar-refractivity contribution in [2.24, 2.45) is 0 Å². The summed E-state index contributed by atoms with van der Waals surface area (Å²) in [5, 5.41) is 2.74. The van der Waals surface area contributed by atoms with Crippen LogP contribution in [-0.4, -0.2) is 33.3 Å². The number of nitrogens with one attached hydrogen (secondary N) is 1. The van der Waals surface area contributed by atoms with Crippen LogP contribution < -0.4 is 14.8 Å². The van der Waals surface area contributed by atoms with Crippen LogP contribution in [0.4, 0.5) is 0 Å². The average molecular weight is 305 g/mol. The Morgan fingerprint density at radius 3 is 2.64 bits per heavy atom. The summed E-state index contributed by atoms with van der Waals surface area (Å²) in [5.41, 5.74) is 0. The van der Waals surface area contributed by atoms with Crippen LogP contribution in [0.5, 0.6) is 17.4 Å². The zero-order valence-corrected chi connectivity index (χ0v) is 12.6. The largest absolute Gasteiger partial charge is 0.493 e. The average Bonchev–Trinajstić information content (AvgIpc) is 3.00. The molecule has 1 aromatic heterocycles. The number of carbonyl (C=O) groups is 1. The highest BCUT2D eigenvalue weighted by atomic mass is 16.6. The van der Waals surface area contributed by atoms with Crippen molar-refractivity contribution in [2.45, 2.75) is 6.42 Å². The number of furan rings is 1. The van der Waals surface area contributed by atoms with E-state index in [-0.39, 0.29) is 17.6 Å². The van der Waals surface area contributed by atoms with Crippen LogP contribution in [0.15, 0.2) is 40.8 Å². The first-order valence-corrected chi connectivity index (χ1v) is 6.92. The van der Waals surface area contributed by atoms with E-state index < -0.39 is 0 Å². The van der Waals surface area contributed by atoms with Crippen LogP contribution in [0.3, 0.4) is 0 Å². The van der Waals surface area contributed by atoms with Crippen molar-refractivity contribution in [3.63, 3.8) is 0 Å². The molecule has 0 atom stereocenters. The SMILES string of the molecule is COCCCNC(=O)c1ccc(Oc2ccccc2OC)o1. The first kappa shape index (κ1) is 15.9. The lowest BCUT2D eigenvalue weighted by atomic mass is 10.3. The van der Waals surface area contributed by atoms with Gasteiger partial charge in [-0.2, -0.15) is 0 Å². The molecule has 0 saturated carbocycles. The van der Waals surface area contributed by atoms with Gasteiger partial charge in [0.05, 0.1) is 7.11 Å². The first-order valence-electron chi connectivity index (χ1n) is 6.92. The third kappa shape index (κ3) is 4.26. The fourth-order valence-electron chi connectivity index (χ4n) is 1.81. The molecule has 0 radical (unpaired) electrons. The Balaban J connectivity index is 1.95. The van der Waals surface area contributed by atoms with Gasteiger partial charge in [0.1, 0.15) is 0 Å². The Morgan fingerprint density at radius 1 is 1.14 bits per heavy atom. The van der Waals surface area contributed by atoms with Gasteiger partial charge in [0.15, 0.2) is 17.3 Å². The number of amides is 1. The van der Waals surface area contributed by atoms with E-state index >= 15 is 0 Å². The lowest BCUT2D eigenvalue weighted by Crippen LogP contribution is -2.24. The van der Waals surface area contributed by atoms with Gasteiger partial charge >= 0.3 is 0 Å². The van der Waals surface area contributed by atoms with Crippen molar-refractivity contribution in [1.29, 1.82) is 0 Å². The molecule has 0 aliphatic rings. The Bertz CT molecular complexity index is 608. The number of hydrogen-bond donors (Lipinski definition) is 1. The minimum absolute atomic E-state index is 0.197. The maximum atomic E-state index is 11.9. The molecule has 1 aromatic carbocycles. The molecule has 1 amide bonds. The Labute approximate surface area is 129 Å². The smallest absolute Gasteiger partial charge is 0.290 e. The first-order chi connectivity index (χ1) is 10.7. The van der Waals surface area contributed by atoms with E-state index in [1.165, 1.54) is 0 Å². The van der Waals surface area contributed by atoms with Gasteiger partial charge in [-0.15, -0.1) is 0 Å². The lowest BCUT2D eigenvalue weighted by molar-refractivity contribution is 0.0916. The highest BCUT2D eigenvalue weighted by Crippen LogP contribution is 2.31. The standard InChI is InChI=1S/C16H19NO5/c1-19-11-5-10-17-16(18)14-8-9-15(22-14)21-13-7-4-3-6-12(13)20-2/h3-4,6-9H,5,10-11H2,1-2H3,(H,17,18). The number of benzene rings is 1. The van der Waals surface area contributed by atoms with Gasteiger partial charge in [-0.25, -0.2) is 0 Å². The second kappa shape index (κ2) is 8.09. The van der Waals surface area contributed by atoms with E-state index in [1.807, 2.05) is 12.1 Å². The van der Waals surface area contributed by atoms with Gasteiger partial charge in [-0.05, 0) is 24.6 Å². The third-order valence-corrected chi connectivity index (χ3v) is 2.90. The molecule has 22 heavy (non-hydrogen) atoms. The molecule has 118 valence electrons. The lowest BCUT2D eigenvalue weighted by Gasteiger charge is -2.07. The fourth-order valence-corrected chi connectivity index (χ4v) is 1.81. The monoisotopic (exact) mass is 305 g/mol. The van der Waals surface area contributed by atoms with Crippen molar-refractivity contribution in [2.75, 3.05) is 27.4 Å². The quantitative estimate of drug-likeness (QED) is 0.759. The summed E-state index contributed by atoms with van der Waals surface area (Å²) >= 11 is 0. The molecule has 0 aliphatic carbocycles. The highest BCUT2D eigenvalue weighted by molar-refractivity contribution is 5.91. The highest BCUT2D eigenvalue weighted by Gasteiger charge is 2.13. The zero-order valence-electron chi connectivity index (χ0n) is 12.6. The van der Waals surface area contributed by atoms with E-state index in [0.717, 1.165) is 6.42 Å². The fraction of sp³-hybridized carbons (Fsp3) is 0.312. The van der Waals surface area contributed by atoms with Gasteiger partial charge in [0.2, 0.25) is 0 Å². The van der Waals surface area contributed by atoms with Crippen LogP contribution in [0.1, 0.15) is 17.0 Å². The van der Waals surface area contributed by atoms with Gasteiger partial charge in [0.25, 0.3) is 11.9 Å². The number of hydrogen-bond acceptors (Lipinski definition) is 5. The molecule has 2 aromatic rings. The molecule has 0 unspecified atom stereocenters. The predicted octanol–water partition coefficient (Wildman–Crippen LogP) is 2.85. The number of para-hydroxylation sites is 2. The molecule has 0 aliphatic heterocycles. The van der Waals surface area contributed by atoms with Gasteiger partial charge in [-0.3, -0.25) is 4.79 Å². The van der Waals surface area contributed by atoms with Crippen LogP contribution in [-0.2, 0) is 4.74 Å². The maximum absolute atomic E-state index is 11.9.